The van der Waals surface area contributed by atoms with Gasteiger partial charge in [-0.15, -0.1) is 0 Å². The summed E-state index contributed by atoms with van der Waals surface area (Å²) in [5.41, 5.74) is 2.68. The average molecular weight is 162 g/mol. The predicted octanol–water partition coefficient (Wildman–Crippen LogP) is 1.83. The summed E-state index contributed by atoms with van der Waals surface area (Å²) in [7, 11) is 0. The third kappa shape index (κ3) is 0.843. The largest absolute Gasteiger partial charge is 0.507 e. The lowest BCUT2D eigenvalue weighted by atomic mass is 10.0. The number of benzene rings is 1. The van der Waals surface area contributed by atoms with Gasteiger partial charge < -0.3 is 5.11 Å². The van der Waals surface area contributed by atoms with Crippen molar-refractivity contribution in [1.29, 1.82) is 0 Å². The van der Waals surface area contributed by atoms with Crippen LogP contribution in [0.25, 0.3) is 0 Å². The number of fused-ring (bicyclic) bond motifs is 1. The first kappa shape index (κ1) is 7.35. The van der Waals surface area contributed by atoms with Crippen molar-refractivity contribution in [2.24, 2.45) is 0 Å². The van der Waals surface area contributed by atoms with Gasteiger partial charge in [0.15, 0.2) is 5.78 Å². The summed E-state index contributed by atoms with van der Waals surface area (Å²) < 4.78 is 0. The van der Waals surface area contributed by atoms with Crippen LogP contribution in [-0.4, -0.2) is 10.9 Å². The van der Waals surface area contributed by atoms with Crippen LogP contribution in [0.5, 0.6) is 5.75 Å². The number of aromatic hydroxyl groups is 1. The summed E-state index contributed by atoms with van der Waals surface area (Å²) in [5.74, 6) is 0.212. The maximum absolute atomic E-state index is 11.3. The molecule has 0 atom stereocenters. The molecule has 12 heavy (non-hydrogen) atoms. The van der Waals surface area contributed by atoms with Gasteiger partial charge in [-0.2, -0.15) is 0 Å². The molecule has 1 aliphatic carbocycles. The molecule has 0 amide bonds. The van der Waals surface area contributed by atoms with Crippen molar-refractivity contribution >= 4 is 5.78 Å². The number of carbonyl (C=O) groups is 1. The van der Waals surface area contributed by atoms with Crippen LogP contribution < -0.4 is 0 Å². The second-order valence-corrected chi connectivity index (χ2v) is 3.18. The first-order valence-corrected chi connectivity index (χ1v) is 4.05. The molecule has 0 saturated carbocycles. The van der Waals surface area contributed by atoms with Crippen LogP contribution in [0.3, 0.4) is 0 Å². The summed E-state index contributed by atoms with van der Waals surface area (Å²) in [6.07, 6.45) is 1.34. The minimum Gasteiger partial charge on any atom is -0.507 e. The number of carbonyl (C=O) groups excluding carboxylic acids is 1. The second kappa shape index (κ2) is 2.34. The molecule has 0 spiro atoms. The molecule has 2 nitrogen and oxygen atoms in total. The van der Waals surface area contributed by atoms with Crippen molar-refractivity contribution in [3.05, 3.63) is 28.8 Å². The van der Waals surface area contributed by atoms with Crippen LogP contribution in [0.1, 0.15) is 27.9 Å². The second-order valence-electron chi connectivity index (χ2n) is 3.18. The van der Waals surface area contributed by atoms with Crippen molar-refractivity contribution < 1.29 is 9.90 Å². The third-order valence-corrected chi connectivity index (χ3v) is 2.41. The number of hydrogen-bond acceptors (Lipinski definition) is 2. The molecule has 2 heteroatoms. The topological polar surface area (TPSA) is 37.3 Å². The molecule has 0 saturated heterocycles. The number of ketones is 1. The molecule has 0 aromatic heterocycles. The van der Waals surface area contributed by atoms with Gasteiger partial charge in [0.25, 0.3) is 0 Å². The predicted molar refractivity (Wildman–Crippen MR) is 45.5 cm³/mol. The van der Waals surface area contributed by atoms with Crippen LogP contribution in [0, 0.1) is 6.92 Å². The lowest BCUT2D eigenvalue weighted by molar-refractivity contribution is 0.0992. The highest BCUT2D eigenvalue weighted by Crippen LogP contribution is 2.31. The Kier molecular flexibility index (Phi) is 1.43. The normalized spacial score (nSPS) is 14.9. The van der Waals surface area contributed by atoms with E-state index in [2.05, 4.69) is 0 Å². The van der Waals surface area contributed by atoms with Crippen LogP contribution in [0.2, 0.25) is 0 Å². The van der Waals surface area contributed by atoms with E-state index in [9.17, 15) is 9.90 Å². The number of aryl methyl sites for hydroxylation is 1. The molecular formula is C10H10O2. The fourth-order valence-electron chi connectivity index (χ4n) is 1.74. The summed E-state index contributed by atoms with van der Waals surface area (Å²) in [5, 5.41) is 9.41. The van der Waals surface area contributed by atoms with E-state index in [4.69, 9.17) is 0 Å². The van der Waals surface area contributed by atoms with Crippen molar-refractivity contribution in [3.8, 4) is 5.75 Å². The fourth-order valence-corrected chi connectivity index (χ4v) is 1.74. The van der Waals surface area contributed by atoms with E-state index in [1.807, 2.05) is 13.0 Å². The molecule has 0 heterocycles. The van der Waals surface area contributed by atoms with E-state index < -0.39 is 0 Å². The first-order valence-electron chi connectivity index (χ1n) is 4.05. The fraction of sp³-hybridized carbons (Fsp3) is 0.300. The molecule has 0 unspecified atom stereocenters. The van der Waals surface area contributed by atoms with Gasteiger partial charge in [-0.25, -0.2) is 0 Å². The molecule has 1 aromatic carbocycles. The number of phenolic OH excluding ortho intramolecular Hbond substituents is 1. The Morgan fingerprint density at radius 2 is 2.08 bits per heavy atom. The van der Waals surface area contributed by atoms with Crippen LogP contribution in [-0.2, 0) is 6.42 Å². The molecule has 0 radical (unpaired) electrons. The van der Waals surface area contributed by atoms with Crippen LogP contribution >= 0.6 is 0 Å². The van der Waals surface area contributed by atoms with E-state index in [0.717, 1.165) is 17.5 Å². The molecule has 1 aliphatic rings. The Morgan fingerprint density at radius 1 is 1.33 bits per heavy atom. The van der Waals surface area contributed by atoms with Gasteiger partial charge in [0, 0.05) is 6.42 Å². The number of hydrogen-bond donors (Lipinski definition) is 1. The highest BCUT2D eigenvalue weighted by Gasteiger charge is 2.23. The maximum Gasteiger partial charge on any atom is 0.167 e. The van der Waals surface area contributed by atoms with Gasteiger partial charge in [0.1, 0.15) is 5.75 Å². The van der Waals surface area contributed by atoms with Crippen molar-refractivity contribution in [2.75, 3.05) is 0 Å². The van der Waals surface area contributed by atoms with E-state index in [1.54, 1.807) is 6.07 Å². The van der Waals surface area contributed by atoms with Crippen LogP contribution in [0.4, 0.5) is 0 Å². The van der Waals surface area contributed by atoms with E-state index >= 15 is 0 Å². The minimum absolute atomic E-state index is 0.0752. The SMILES string of the molecule is Cc1ccc(O)c2c1CCC2=O. The Balaban J connectivity index is 2.72. The molecule has 62 valence electrons. The van der Waals surface area contributed by atoms with E-state index in [1.165, 1.54) is 0 Å². The monoisotopic (exact) mass is 162 g/mol. The van der Waals surface area contributed by atoms with Crippen LogP contribution in [0.15, 0.2) is 12.1 Å². The highest BCUT2D eigenvalue weighted by atomic mass is 16.3. The Morgan fingerprint density at radius 3 is 2.75 bits per heavy atom. The Hall–Kier alpha value is -1.31. The lowest BCUT2D eigenvalue weighted by Crippen LogP contribution is -1.92. The van der Waals surface area contributed by atoms with Gasteiger partial charge in [0.2, 0.25) is 0 Å². The molecule has 0 aliphatic heterocycles. The molecular weight excluding hydrogens is 152 g/mol. The number of Topliss-reactive ketones (excluding diaryl/α,β-unsaturated/α-hetero) is 1. The number of rotatable bonds is 0. The van der Waals surface area contributed by atoms with Gasteiger partial charge in [0.05, 0.1) is 5.56 Å². The van der Waals surface area contributed by atoms with Crippen molar-refractivity contribution in [3.63, 3.8) is 0 Å². The minimum atomic E-state index is 0.0752. The van der Waals surface area contributed by atoms with Crippen molar-refractivity contribution in [1.82, 2.24) is 0 Å². The van der Waals surface area contributed by atoms with E-state index in [-0.39, 0.29) is 11.5 Å². The third-order valence-electron chi connectivity index (χ3n) is 2.41. The van der Waals surface area contributed by atoms with Crippen molar-refractivity contribution in [2.45, 2.75) is 19.8 Å². The number of phenols is 1. The smallest absolute Gasteiger partial charge is 0.167 e. The standard InChI is InChI=1S/C10H10O2/c1-6-2-4-8(11)10-7(6)3-5-9(10)12/h2,4,11H,3,5H2,1H3. The zero-order valence-electron chi connectivity index (χ0n) is 6.92. The van der Waals surface area contributed by atoms with Gasteiger partial charge in [-0.05, 0) is 30.5 Å². The molecule has 2 rings (SSSR count). The molecule has 1 aromatic rings. The molecule has 0 fully saturated rings. The highest BCUT2D eigenvalue weighted by molar-refractivity contribution is 6.03. The average Bonchev–Trinajstić information content (AvgIpc) is 2.42. The summed E-state index contributed by atoms with van der Waals surface area (Å²) in [6, 6.07) is 3.45. The quantitative estimate of drug-likeness (QED) is 0.631. The first-order chi connectivity index (χ1) is 5.70. The van der Waals surface area contributed by atoms with Gasteiger partial charge >= 0.3 is 0 Å². The Bertz CT molecular complexity index is 353. The zero-order chi connectivity index (χ0) is 8.72. The molecule has 1 N–H and O–H groups in total. The lowest BCUT2D eigenvalue weighted by Gasteiger charge is -2.03. The summed E-state index contributed by atoms with van der Waals surface area (Å²) in [6.45, 7) is 1.97. The zero-order valence-corrected chi connectivity index (χ0v) is 6.92. The Labute approximate surface area is 70.8 Å². The molecule has 0 bridgehead atoms. The van der Waals surface area contributed by atoms with Gasteiger partial charge in [-0.1, -0.05) is 6.07 Å². The van der Waals surface area contributed by atoms with Gasteiger partial charge in [-0.3, -0.25) is 4.79 Å². The summed E-state index contributed by atoms with van der Waals surface area (Å²) >= 11 is 0. The van der Waals surface area contributed by atoms with E-state index in [0.29, 0.717) is 12.0 Å². The summed E-state index contributed by atoms with van der Waals surface area (Å²) in [4.78, 5) is 11.3. The maximum atomic E-state index is 11.3.